The van der Waals surface area contributed by atoms with Crippen molar-refractivity contribution >= 4 is 13.1 Å². The molecule has 3 heteroatoms. The van der Waals surface area contributed by atoms with E-state index < -0.39 is 7.80 Å². The van der Waals surface area contributed by atoms with Gasteiger partial charge in [-0.15, -0.1) is 0 Å². The molecule has 0 spiro atoms. The number of aromatic nitrogens is 1. The molecule has 0 aliphatic rings. The smallest absolute Gasteiger partial charge is 0.205 e. The van der Waals surface area contributed by atoms with Gasteiger partial charge in [-0.25, -0.2) is 4.57 Å². The molecule has 0 saturated heterocycles. The van der Waals surface area contributed by atoms with E-state index in [1.165, 1.54) is 0 Å². The van der Waals surface area contributed by atoms with Crippen LogP contribution in [0.25, 0.3) is 0 Å². The van der Waals surface area contributed by atoms with Crippen molar-refractivity contribution in [2.24, 2.45) is 0 Å². The molecule has 0 aliphatic carbocycles. The maximum Gasteiger partial charge on any atom is 0.377 e. The SMILES string of the molecule is CC[n+]1ccc([P+](=O)CC)cc1. The summed E-state index contributed by atoms with van der Waals surface area (Å²) in [6, 6.07) is 3.87. The van der Waals surface area contributed by atoms with Crippen LogP contribution in [0.4, 0.5) is 0 Å². The number of aryl methyl sites for hydroxylation is 1. The van der Waals surface area contributed by atoms with Gasteiger partial charge in [-0.3, -0.25) is 0 Å². The second-order valence-corrected chi connectivity index (χ2v) is 4.49. The molecule has 1 aromatic heterocycles. The van der Waals surface area contributed by atoms with Gasteiger partial charge in [0, 0.05) is 0 Å². The molecule has 0 saturated carbocycles. The van der Waals surface area contributed by atoms with E-state index in [0.717, 1.165) is 18.0 Å². The second-order valence-electron chi connectivity index (χ2n) is 2.58. The predicted octanol–water partition coefficient (Wildman–Crippen LogP) is 1.47. The van der Waals surface area contributed by atoms with Crippen LogP contribution in [-0.2, 0) is 11.1 Å². The lowest BCUT2D eigenvalue weighted by Gasteiger charge is -1.88. The topological polar surface area (TPSA) is 20.9 Å². The van der Waals surface area contributed by atoms with Crippen molar-refractivity contribution < 1.29 is 9.13 Å². The van der Waals surface area contributed by atoms with Crippen molar-refractivity contribution in [1.29, 1.82) is 0 Å². The van der Waals surface area contributed by atoms with E-state index >= 15 is 0 Å². The van der Waals surface area contributed by atoms with E-state index in [4.69, 9.17) is 0 Å². The van der Waals surface area contributed by atoms with Crippen molar-refractivity contribution in [2.45, 2.75) is 20.4 Å². The van der Waals surface area contributed by atoms with Gasteiger partial charge in [0.15, 0.2) is 12.4 Å². The van der Waals surface area contributed by atoms with E-state index in [1.54, 1.807) is 0 Å². The summed E-state index contributed by atoms with van der Waals surface area (Å²) in [5, 5.41) is 0.956. The van der Waals surface area contributed by atoms with Gasteiger partial charge in [-0.1, -0.05) is 4.57 Å². The third-order valence-corrected chi connectivity index (χ3v) is 3.26. The Hall–Kier alpha value is -0.750. The largest absolute Gasteiger partial charge is 0.377 e. The van der Waals surface area contributed by atoms with Crippen LogP contribution < -0.4 is 9.87 Å². The van der Waals surface area contributed by atoms with Crippen LogP contribution in [0.1, 0.15) is 13.8 Å². The van der Waals surface area contributed by atoms with E-state index in [9.17, 15) is 4.57 Å². The minimum Gasteiger partial charge on any atom is -0.205 e. The molecule has 0 amide bonds. The number of nitrogens with zero attached hydrogens (tertiary/aromatic N) is 1. The van der Waals surface area contributed by atoms with Gasteiger partial charge < -0.3 is 0 Å². The summed E-state index contributed by atoms with van der Waals surface area (Å²) in [7, 11) is -1.15. The van der Waals surface area contributed by atoms with Crippen molar-refractivity contribution in [3.05, 3.63) is 24.5 Å². The fraction of sp³-hybridized carbons (Fsp3) is 0.444. The summed E-state index contributed by atoms with van der Waals surface area (Å²) in [6.45, 7) is 4.99. The maximum atomic E-state index is 11.4. The molecule has 0 bridgehead atoms. The zero-order valence-corrected chi connectivity index (χ0v) is 8.42. The highest BCUT2D eigenvalue weighted by Crippen LogP contribution is 2.16. The fourth-order valence-corrected chi connectivity index (χ4v) is 1.84. The predicted molar refractivity (Wildman–Crippen MR) is 50.1 cm³/mol. The highest BCUT2D eigenvalue weighted by Gasteiger charge is 2.16. The van der Waals surface area contributed by atoms with E-state index in [-0.39, 0.29) is 0 Å². The highest BCUT2D eigenvalue weighted by molar-refractivity contribution is 7.53. The van der Waals surface area contributed by atoms with Crippen LogP contribution in [0.3, 0.4) is 0 Å². The van der Waals surface area contributed by atoms with Crippen LogP contribution in [-0.4, -0.2) is 6.16 Å². The molecule has 2 nitrogen and oxygen atoms in total. The lowest BCUT2D eigenvalue weighted by atomic mass is 10.5. The molecular formula is C9H14NOP+2. The summed E-state index contributed by atoms with van der Waals surface area (Å²) in [5.74, 6) is 0. The first-order valence-corrected chi connectivity index (χ1v) is 5.66. The first kappa shape index (κ1) is 9.34. The van der Waals surface area contributed by atoms with Gasteiger partial charge in [-0.2, -0.15) is 0 Å². The van der Waals surface area contributed by atoms with Crippen LogP contribution in [0, 0.1) is 0 Å². The monoisotopic (exact) mass is 183 g/mol. The molecule has 1 unspecified atom stereocenters. The lowest BCUT2D eigenvalue weighted by Crippen LogP contribution is -2.31. The average Bonchev–Trinajstić information content (AvgIpc) is 2.17. The Bertz CT molecular complexity index is 268. The highest BCUT2D eigenvalue weighted by atomic mass is 31.1. The summed E-state index contributed by atoms with van der Waals surface area (Å²) in [5.41, 5.74) is 0. The third kappa shape index (κ3) is 2.12. The van der Waals surface area contributed by atoms with Gasteiger partial charge >= 0.3 is 7.80 Å². The van der Waals surface area contributed by atoms with Crippen LogP contribution in [0.15, 0.2) is 24.5 Å². The molecule has 0 aliphatic heterocycles. The molecular weight excluding hydrogens is 169 g/mol. The van der Waals surface area contributed by atoms with E-state index in [2.05, 4.69) is 11.5 Å². The molecule has 0 N–H and O–H groups in total. The van der Waals surface area contributed by atoms with Gasteiger partial charge in [0.25, 0.3) is 0 Å². The minimum absolute atomic E-state index is 0.728. The van der Waals surface area contributed by atoms with Crippen LogP contribution >= 0.6 is 7.80 Å². The van der Waals surface area contributed by atoms with Gasteiger partial charge in [-0.05, 0) is 13.8 Å². The molecule has 0 aromatic carbocycles. The summed E-state index contributed by atoms with van der Waals surface area (Å²) < 4.78 is 13.4. The molecule has 1 rings (SSSR count). The standard InChI is InChI=1S/C9H14NOP/c1-3-10-7-5-9(6-8-10)12(11)4-2/h5-8H,3-4H2,1-2H3/q+2. The lowest BCUT2D eigenvalue weighted by molar-refractivity contribution is -0.693. The molecule has 1 heterocycles. The molecule has 0 fully saturated rings. The van der Waals surface area contributed by atoms with Crippen molar-refractivity contribution in [1.82, 2.24) is 0 Å². The van der Waals surface area contributed by atoms with Gasteiger partial charge in [0.2, 0.25) is 5.30 Å². The van der Waals surface area contributed by atoms with E-state index in [0.29, 0.717) is 0 Å². The molecule has 64 valence electrons. The number of hydrogen-bond donors (Lipinski definition) is 0. The van der Waals surface area contributed by atoms with E-state index in [1.807, 2.05) is 31.5 Å². The average molecular weight is 183 g/mol. The normalized spacial score (nSPS) is 11.3. The Morgan fingerprint density at radius 3 is 2.33 bits per heavy atom. The first-order valence-electron chi connectivity index (χ1n) is 4.21. The summed E-state index contributed by atoms with van der Waals surface area (Å²) in [4.78, 5) is 0. The first-order chi connectivity index (χ1) is 5.77. The van der Waals surface area contributed by atoms with Crippen molar-refractivity contribution in [3.63, 3.8) is 0 Å². The summed E-state index contributed by atoms with van der Waals surface area (Å²) >= 11 is 0. The minimum atomic E-state index is -1.15. The fourth-order valence-electron chi connectivity index (χ4n) is 1.01. The second kappa shape index (κ2) is 4.32. The van der Waals surface area contributed by atoms with Gasteiger partial charge in [0.05, 0.1) is 12.1 Å². The van der Waals surface area contributed by atoms with Crippen molar-refractivity contribution in [3.8, 4) is 0 Å². The molecule has 1 aromatic rings. The Morgan fingerprint density at radius 2 is 1.92 bits per heavy atom. The van der Waals surface area contributed by atoms with Crippen LogP contribution in [0.2, 0.25) is 0 Å². The number of hydrogen-bond acceptors (Lipinski definition) is 1. The molecule has 1 atom stereocenters. The summed E-state index contributed by atoms with van der Waals surface area (Å²) in [6.07, 6.45) is 4.67. The number of rotatable bonds is 3. The Balaban J connectivity index is 2.84. The van der Waals surface area contributed by atoms with Crippen LogP contribution in [0.5, 0.6) is 0 Å². The molecule has 12 heavy (non-hydrogen) atoms. The Labute approximate surface area is 74.0 Å². The zero-order valence-electron chi connectivity index (χ0n) is 7.53. The van der Waals surface area contributed by atoms with Gasteiger partial charge in [0.1, 0.15) is 12.7 Å². The van der Waals surface area contributed by atoms with Crippen molar-refractivity contribution in [2.75, 3.05) is 6.16 Å². The molecule has 0 radical (unpaired) electrons. The third-order valence-electron chi connectivity index (χ3n) is 1.81. The Kier molecular flexibility index (Phi) is 3.36. The zero-order chi connectivity index (χ0) is 8.97. The quantitative estimate of drug-likeness (QED) is 0.513. The number of pyridine rings is 1. The Morgan fingerprint density at radius 1 is 1.33 bits per heavy atom. The maximum absolute atomic E-state index is 11.4.